The van der Waals surface area contributed by atoms with Crippen molar-refractivity contribution in [3.05, 3.63) is 0 Å². The molecular formula is C13H23F2N. The van der Waals surface area contributed by atoms with Gasteiger partial charge in [0.2, 0.25) is 0 Å². The van der Waals surface area contributed by atoms with Crippen molar-refractivity contribution in [2.24, 2.45) is 11.8 Å². The molecule has 1 aliphatic heterocycles. The van der Waals surface area contributed by atoms with Crippen LogP contribution in [-0.2, 0) is 0 Å². The summed E-state index contributed by atoms with van der Waals surface area (Å²) in [7, 11) is 0. The monoisotopic (exact) mass is 231 g/mol. The summed E-state index contributed by atoms with van der Waals surface area (Å²) in [5.74, 6) is -2.54. The fraction of sp³-hybridized carbons (Fsp3) is 1.00. The van der Waals surface area contributed by atoms with Gasteiger partial charge in [-0.05, 0) is 44.7 Å². The first kappa shape index (κ1) is 12.3. The van der Waals surface area contributed by atoms with Gasteiger partial charge >= 0.3 is 0 Å². The van der Waals surface area contributed by atoms with Crippen LogP contribution in [0, 0.1) is 11.8 Å². The molecular weight excluding hydrogens is 208 g/mol. The molecule has 16 heavy (non-hydrogen) atoms. The van der Waals surface area contributed by atoms with Crippen LogP contribution in [0.2, 0.25) is 0 Å². The number of hydrogen-bond acceptors (Lipinski definition) is 1. The van der Waals surface area contributed by atoms with Gasteiger partial charge in [-0.15, -0.1) is 0 Å². The van der Waals surface area contributed by atoms with Crippen LogP contribution in [0.15, 0.2) is 0 Å². The Kier molecular flexibility index (Phi) is 4.17. The van der Waals surface area contributed by atoms with Crippen molar-refractivity contribution < 1.29 is 8.78 Å². The van der Waals surface area contributed by atoms with E-state index in [0.717, 1.165) is 58.0 Å². The number of nitrogens with one attached hydrogen (secondary N) is 1. The van der Waals surface area contributed by atoms with Gasteiger partial charge in [-0.2, -0.15) is 0 Å². The highest BCUT2D eigenvalue weighted by atomic mass is 19.3. The molecule has 0 spiro atoms. The predicted molar refractivity (Wildman–Crippen MR) is 61.7 cm³/mol. The number of halogens is 2. The molecule has 1 N–H and O–H groups in total. The SMILES string of the molecule is FC(F)(CC1CCCNC1)C1CCCCC1. The zero-order valence-corrected chi connectivity index (χ0v) is 9.98. The van der Waals surface area contributed by atoms with Crippen molar-refractivity contribution in [3.8, 4) is 0 Å². The van der Waals surface area contributed by atoms with Crippen LogP contribution < -0.4 is 5.32 Å². The maximum absolute atomic E-state index is 14.1. The van der Waals surface area contributed by atoms with E-state index >= 15 is 0 Å². The molecule has 1 aliphatic carbocycles. The predicted octanol–water partition coefficient (Wildman–Crippen LogP) is 3.59. The van der Waals surface area contributed by atoms with E-state index < -0.39 is 5.92 Å². The van der Waals surface area contributed by atoms with Crippen molar-refractivity contribution >= 4 is 0 Å². The molecule has 0 aromatic rings. The quantitative estimate of drug-likeness (QED) is 0.782. The minimum atomic E-state index is -2.41. The van der Waals surface area contributed by atoms with Crippen molar-refractivity contribution in [2.45, 2.75) is 57.3 Å². The summed E-state index contributed by atoms with van der Waals surface area (Å²) in [6, 6.07) is 0. The standard InChI is InChI=1S/C13H23F2N/c14-13(15,12-6-2-1-3-7-12)9-11-5-4-8-16-10-11/h11-12,16H,1-10H2. The molecule has 3 heteroatoms. The van der Waals surface area contributed by atoms with Crippen LogP contribution in [0.25, 0.3) is 0 Å². The molecule has 1 heterocycles. The smallest absolute Gasteiger partial charge is 0.251 e. The molecule has 0 amide bonds. The van der Waals surface area contributed by atoms with E-state index in [1.54, 1.807) is 0 Å². The maximum atomic E-state index is 14.1. The second kappa shape index (κ2) is 5.44. The summed E-state index contributed by atoms with van der Waals surface area (Å²) in [6.45, 7) is 1.80. The highest BCUT2D eigenvalue weighted by Gasteiger charge is 2.41. The van der Waals surface area contributed by atoms with Crippen molar-refractivity contribution in [1.29, 1.82) is 0 Å². The second-order valence-electron chi connectivity index (χ2n) is 5.51. The van der Waals surface area contributed by atoms with E-state index in [1.165, 1.54) is 0 Å². The molecule has 2 aliphatic rings. The Labute approximate surface area is 97.0 Å². The van der Waals surface area contributed by atoms with Gasteiger partial charge in [0.15, 0.2) is 0 Å². The van der Waals surface area contributed by atoms with E-state index in [1.807, 2.05) is 0 Å². The Morgan fingerprint density at radius 1 is 1.00 bits per heavy atom. The Hall–Kier alpha value is -0.180. The van der Waals surface area contributed by atoms with Crippen LogP contribution >= 0.6 is 0 Å². The fourth-order valence-corrected chi connectivity index (χ4v) is 3.17. The first-order valence-corrected chi connectivity index (χ1v) is 6.77. The molecule has 2 fully saturated rings. The fourth-order valence-electron chi connectivity index (χ4n) is 3.17. The topological polar surface area (TPSA) is 12.0 Å². The molecule has 1 atom stereocenters. The summed E-state index contributed by atoms with van der Waals surface area (Å²) in [4.78, 5) is 0. The number of hydrogen-bond donors (Lipinski definition) is 1. The Morgan fingerprint density at radius 3 is 2.38 bits per heavy atom. The van der Waals surface area contributed by atoms with Crippen LogP contribution in [0.3, 0.4) is 0 Å². The van der Waals surface area contributed by atoms with Gasteiger partial charge < -0.3 is 5.32 Å². The normalized spacial score (nSPS) is 29.2. The largest absolute Gasteiger partial charge is 0.316 e. The molecule has 1 saturated carbocycles. The first-order valence-electron chi connectivity index (χ1n) is 6.77. The molecule has 0 bridgehead atoms. The van der Waals surface area contributed by atoms with Gasteiger partial charge in [-0.1, -0.05) is 19.3 Å². The maximum Gasteiger partial charge on any atom is 0.251 e. The number of rotatable bonds is 3. The summed E-state index contributed by atoms with van der Waals surface area (Å²) >= 11 is 0. The third-order valence-corrected chi connectivity index (χ3v) is 4.16. The lowest BCUT2D eigenvalue weighted by atomic mass is 9.80. The molecule has 2 rings (SSSR count). The molecule has 1 saturated heterocycles. The van der Waals surface area contributed by atoms with Gasteiger partial charge in [-0.3, -0.25) is 0 Å². The van der Waals surface area contributed by atoms with E-state index in [2.05, 4.69) is 5.32 Å². The number of piperidine rings is 1. The summed E-state index contributed by atoms with van der Waals surface area (Å²) in [5, 5.41) is 3.23. The molecule has 0 aromatic heterocycles. The first-order chi connectivity index (χ1) is 7.68. The number of alkyl halides is 2. The third-order valence-electron chi connectivity index (χ3n) is 4.16. The van der Waals surface area contributed by atoms with Gasteiger partial charge in [0.05, 0.1) is 0 Å². The Bertz CT molecular complexity index is 206. The van der Waals surface area contributed by atoms with Crippen LogP contribution in [0.4, 0.5) is 8.78 Å². The van der Waals surface area contributed by atoms with Crippen molar-refractivity contribution in [3.63, 3.8) is 0 Å². The lowest BCUT2D eigenvalue weighted by Gasteiger charge is -2.33. The molecule has 94 valence electrons. The average molecular weight is 231 g/mol. The van der Waals surface area contributed by atoms with Gasteiger partial charge in [-0.25, -0.2) is 8.78 Å². The van der Waals surface area contributed by atoms with Gasteiger partial charge in [0.25, 0.3) is 5.92 Å². The lowest BCUT2D eigenvalue weighted by Crippen LogP contribution is -2.37. The van der Waals surface area contributed by atoms with Gasteiger partial charge in [0.1, 0.15) is 0 Å². The Balaban J connectivity index is 1.84. The van der Waals surface area contributed by atoms with E-state index in [0.29, 0.717) is 0 Å². The summed E-state index contributed by atoms with van der Waals surface area (Å²) in [5.41, 5.74) is 0. The second-order valence-corrected chi connectivity index (χ2v) is 5.51. The average Bonchev–Trinajstić information content (AvgIpc) is 2.31. The van der Waals surface area contributed by atoms with Crippen molar-refractivity contribution in [1.82, 2.24) is 5.32 Å². The Morgan fingerprint density at radius 2 is 1.75 bits per heavy atom. The zero-order chi connectivity index (χ0) is 11.4. The highest BCUT2D eigenvalue weighted by molar-refractivity contribution is 4.84. The van der Waals surface area contributed by atoms with Crippen LogP contribution in [0.1, 0.15) is 51.4 Å². The third kappa shape index (κ3) is 3.16. The molecule has 0 radical (unpaired) electrons. The van der Waals surface area contributed by atoms with E-state index in [4.69, 9.17) is 0 Å². The lowest BCUT2D eigenvalue weighted by molar-refractivity contribution is -0.0900. The van der Waals surface area contributed by atoms with Crippen LogP contribution in [0.5, 0.6) is 0 Å². The van der Waals surface area contributed by atoms with Gasteiger partial charge in [0, 0.05) is 12.3 Å². The summed E-state index contributed by atoms with van der Waals surface area (Å²) < 4.78 is 28.1. The molecule has 0 aromatic carbocycles. The minimum absolute atomic E-state index is 0.116. The zero-order valence-electron chi connectivity index (χ0n) is 9.98. The van der Waals surface area contributed by atoms with E-state index in [9.17, 15) is 8.78 Å². The van der Waals surface area contributed by atoms with Crippen molar-refractivity contribution in [2.75, 3.05) is 13.1 Å². The summed E-state index contributed by atoms with van der Waals surface area (Å²) in [6.07, 6.45) is 6.80. The minimum Gasteiger partial charge on any atom is -0.316 e. The van der Waals surface area contributed by atoms with Crippen LogP contribution in [-0.4, -0.2) is 19.0 Å². The highest BCUT2D eigenvalue weighted by Crippen LogP contribution is 2.41. The molecule has 1 nitrogen and oxygen atoms in total. The molecule has 1 unspecified atom stereocenters. The van der Waals surface area contributed by atoms with E-state index in [-0.39, 0.29) is 18.3 Å².